The first kappa shape index (κ1) is 12.4. The largest absolute Gasteiger partial charge is 0.393 e. The van der Waals surface area contributed by atoms with Crippen molar-refractivity contribution >= 4 is 11.8 Å². The van der Waals surface area contributed by atoms with Crippen LogP contribution >= 0.6 is 0 Å². The van der Waals surface area contributed by atoms with E-state index in [1.807, 2.05) is 4.90 Å². The van der Waals surface area contributed by atoms with Gasteiger partial charge in [0.2, 0.25) is 11.8 Å². The number of carbonyl (C=O) groups is 2. The van der Waals surface area contributed by atoms with Crippen molar-refractivity contribution in [2.45, 2.75) is 44.8 Å². The van der Waals surface area contributed by atoms with Crippen molar-refractivity contribution in [2.75, 3.05) is 13.1 Å². The molecule has 2 atom stereocenters. The Balaban J connectivity index is 1.75. The molecule has 5 heteroatoms. The zero-order valence-corrected chi connectivity index (χ0v) is 10.2. The van der Waals surface area contributed by atoms with Crippen LogP contribution in [0.25, 0.3) is 0 Å². The van der Waals surface area contributed by atoms with E-state index in [9.17, 15) is 9.59 Å². The van der Waals surface area contributed by atoms with Crippen LogP contribution in [0.1, 0.15) is 32.6 Å². The SMILES string of the molecule is CC(O)CCNC(=O)C1CC(=O)N(C2CC2)C1. The fraction of sp³-hybridized carbons (Fsp3) is 0.833. The number of likely N-dealkylation sites (tertiary alicyclic amines) is 1. The molecule has 1 saturated carbocycles. The summed E-state index contributed by atoms with van der Waals surface area (Å²) in [6.45, 7) is 2.74. The van der Waals surface area contributed by atoms with Crippen molar-refractivity contribution < 1.29 is 14.7 Å². The van der Waals surface area contributed by atoms with Crippen molar-refractivity contribution in [1.82, 2.24) is 10.2 Å². The van der Waals surface area contributed by atoms with Gasteiger partial charge in [-0.3, -0.25) is 9.59 Å². The summed E-state index contributed by atoms with van der Waals surface area (Å²) >= 11 is 0. The standard InChI is InChI=1S/C12H20N2O3/c1-8(15)4-5-13-12(17)9-6-11(16)14(7-9)10-2-3-10/h8-10,15H,2-7H2,1H3,(H,13,17). The van der Waals surface area contributed by atoms with E-state index in [4.69, 9.17) is 5.11 Å². The highest BCUT2D eigenvalue weighted by molar-refractivity contribution is 5.89. The fourth-order valence-corrected chi connectivity index (χ4v) is 2.19. The van der Waals surface area contributed by atoms with Gasteiger partial charge in [-0.05, 0) is 26.2 Å². The van der Waals surface area contributed by atoms with Gasteiger partial charge in [-0.25, -0.2) is 0 Å². The molecule has 0 bridgehead atoms. The van der Waals surface area contributed by atoms with Gasteiger partial charge in [-0.15, -0.1) is 0 Å². The summed E-state index contributed by atoms with van der Waals surface area (Å²) in [4.78, 5) is 25.3. The summed E-state index contributed by atoms with van der Waals surface area (Å²) < 4.78 is 0. The molecule has 0 spiro atoms. The second kappa shape index (κ2) is 5.04. The van der Waals surface area contributed by atoms with Gasteiger partial charge in [-0.1, -0.05) is 0 Å². The number of aliphatic hydroxyl groups is 1. The van der Waals surface area contributed by atoms with Crippen molar-refractivity contribution in [1.29, 1.82) is 0 Å². The van der Waals surface area contributed by atoms with Crippen LogP contribution in [0.15, 0.2) is 0 Å². The van der Waals surface area contributed by atoms with Gasteiger partial charge in [0.05, 0.1) is 12.0 Å². The molecule has 2 unspecified atom stereocenters. The third kappa shape index (κ3) is 3.19. The summed E-state index contributed by atoms with van der Waals surface area (Å²) in [6.07, 6.45) is 2.67. The number of hydrogen-bond donors (Lipinski definition) is 2. The fourth-order valence-electron chi connectivity index (χ4n) is 2.19. The zero-order chi connectivity index (χ0) is 12.4. The molecule has 1 saturated heterocycles. The van der Waals surface area contributed by atoms with E-state index in [0.717, 1.165) is 12.8 Å². The zero-order valence-electron chi connectivity index (χ0n) is 10.2. The van der Waals surface area contributed by atoms with Gasteiger partial charge in [-0.2, -0.15) is 0 Å². The average Bonchev–Trinajstić information content (AvgIpc) is 3.01. The monoisotopic (exact) mass is 240 g/mol. The summed E-state index contributed by atoms with van der Waals surface area (Å²) in [5.74, 6) is -0.137. The van der Waals surface area contributed by atoms with Crippen LogP contribution in [0.3, 0.4) is 0 Å². The first-order valence-electron chi connectivity index (χ1n) is 6.33. The second-order valence-corrected chi connectivity index (χ2v) is 5.11. The Morgan fingerprint density at radius 3 is 2.88 bits per heavy atom. The number of rotatable bonds is 5. The lowest BCUT2D eigenvalue weighted by atomic mass is 10.1. The minimum atomic E-state index is -0.400. The van der Waals surface area contributed by atoms with E-state index in [2.05, 4.69) is 5.32 Å². The number of nitrogens with zero attached hydrogens (tertiary/aromatic N) is 1. The van der Waals surface area contributed by atoms with Crippen molar-refractivity contribution in [2.24, 2.45) is 5.92 Å². The predicted octanol–water partition coefficient (Wildman–Crippen LogP) is -0.116. The van der Waals surface area contributed by atoms with Crippen LogP contribution in [0.4, 0.5) is 0 Å². The molecule has 0 radical (unpaired) electrons. The Kier molecular flexibility index (Phi) is 3.66. The molecule has 2 rings (SSSR count). The first-order chi connectivity index (χ1) is 8.08. The van der Waals surface area contributed by atoms with Gasteiger partial charge in [0.25, 0.3) is 0 Å². The summed E-state index contributed by atoms with van der Waals surface area (Å²) in [5.41, 5.74) is 0. The van der Waals surface area contributed by atoms with E-state index in [0.29, 0.717) is 32.0 Å². The van der Waals surface area contributed by atoms with E-state index in [1.165, 1.54) is 0 Å². The molecular formula is C12H20N2O3. The van der Waals surface area contributed by atoms with Crippen molar-refractivity contribution in [3.05, 3.63) is 0 Å². The average molecular weight is 240 g/mol. The van der Waals surface area contributed by atoms with Gasteiger partial charge in [0, 0.05) is 25.6 Å². The van der Waals surface area contributed by atoms with Crippen LogP contribution in [0.2, 0.25) is 0 Å². The van der Waals surface area contributed by atoms with Crippen LogP contribution in [-0.4, -0.2) is 47.1 Å². The Morgan fingerprint density at radius 1 is 1.59 bits per heavy atom. The molecule has 0 aromatic rings. The molecule has 0 aromatic heterocycles. The number of amides is 2. The Morgan fingerprint density at radius 2 is 2.29 bits per heavy atom. The number of carbonyl (C=O) groups excluding carboxylic acids is 2. The van der Waals surface area contributed by atoms with E-state index < -0.39 is 6.10 Å². The van der Waals surface area contributed by atoms with Crippen molar-refractivity contribution in [3.8, 4) is 0 Å². The molecule has 1 heterocycles. The van der Waals surface area contributed by atoms with Crippen molar-refractivity contribution in [3.63, 3.8) is 0 Å². The maximum absolute atomic E-state index is 11.8. The molecule has 2 aliphatic rings. The highest BCUT2D eigenvalue weighted by atomic mass is 16.3. The van der Waals surface area contributed by atoms with Crippen LogP contribution in [0, 0.1) is 5.92 Å². The highest BCUT2D eigenvalue weighted by Crippen LogP contribution is 2.32. The van der Waals surface area contributed by atoms with Crippen LogP contribution < -0.4 is 5.32 Å². The van der Waals surface area contributed by atoms with Gasteiger partial charge >= 0.3 is 0 Å². The second-order valence-electron chi connectivity index (χ2n) is 5.11. The molecule has 1 aliphatic heterocycles. The minimum absolute atomic E-state index is 0.0536. The lowest BCUT2D eigenvalue weighted by molar-refractivity contribution is -0.129. The topological polar surface area (TPSA) is 69.6 Å². The molecule has 17 heavy (non-hydrogen) atoms. The van der Waals surface area contributed by atoms with Crippen LogP contribution in [-0.2, 0) is 9.59 Å². The normalized spacial score (nSPS) is 26.1. The molecule has 96 valence electrons. The summed E-state index contributed by atoms with van der Waals surface area (Å²) in [6, 6.07) is 0.401. The molecule has 1 aliphatic carbocycles. The van der Waals surface area contributed by atoms with Gasteiger partial charge in [0.1, 0.15) is 0 Å². The predicted molar refractivity (Wildman–Crippen MR) is 62.1 cm³/mol. The van der Waals surface area contributed by atoms with E-state index in [-0.39, 0.29) is 17.7 Å². The lowest BCUT2D eigenvalue weighted by Gasteiger charge is -2.15. The lowest BCUT2D eigenvalue weighted by Crippen LogP contribution is -2.34. The summed E-state index contributed by atoms with van der Waals surface area (Å²) in [7, 11) is 0. The van der Waals surface area contributed by atoms with Gasteiger partial charge in [0.15, 0.2) is 0 Å². The molecule has 0 aromatic carbocycles. The Hall–Kier alpha value is -1.10. The smallest absolute Gasteiger partial charge is 0.225 e. The minimum Gasteiger partial charge on any atom is -0.393 e. The molecule has 5 nitrogen and oxygen atoms in total. The Bertz CT molecular complexity index is 313. The quantitative estimate of drug-likeness (QED) is 0.704. The van der Waals surface area contributed by atoms with E-state index >= 15 is 0 Å². The molecule has 2 fully saturated rings. The maximum atomic E-state index is 11.8. The van der Waals surface area contributed by atoms with Gasteiger partial charge < -0.3 is 15.3 Å². The molecular weight excluding hydrogens is 220 g/mol. The van der Waals surface area contributed by atoms with E-state index in [1.54, 1.807) is 6.92 Å². The molecule has 2 amide bonds. The third-order valence-corrected chi connectivity index (χ3v) is 3.38. The summed E-state index contributed by atoms with van der Waals surface area (Å²) in [5, 5.41) is 11.9. The number of aliphatic hydroxyl groups excluding tert-OH is 1. The third-order valence-electron chi connectivity index (χ3n) is 3.38. The number of nitrogens with one attached hydrogen (secondary N) is 1. The first-order valence-corrected chi connectivity index (χ1v) is 6.33. The van der Waals surface area contributed by atoms with Crippen LogP contribution in [0.5, 0.6) is 0 Å². The maximum Gasteiger partial charge on any atom is 0.225 e. The molecule has 2 N–H and O–H groups in total. The highest BCUT2D eigenvalue weighted by Gasteiger charge is 2.41. The Labute approximate surface area is 101 Å². The number of hydrogen-bond acceptors (Lipinski definition) is 3.